The lowest BCUT2D eigenvalue weighted by atomic mass is 9.95. The summed E-state index contributed by atoms with van der Waals surface area (Å²) in [7, 11) is 1.96. The molecule has 1 atom stereocenters. The van der Waals surface area contributed by atoms with Crippen LogP contribution in [0.4, 0.5) is 0 Å². The Morgan fingerprint density at radius 2 is 2.06 bits per heavy atom. The molecule has 4 nitrogen and oxygen atoms in total. The lowest BCUT2D eigenvalue weighted by molar-refractivity contribution is 0.156. The van der Waals surface area contributed by atoms with Gasteiger partial charge in [0.25, 0.3) is 0 Å². The fourth-order valence-electron chi connectivity index (χ4n) is 2.85. The van der Waals surface area contributed by atoms with Crippen LogP contribution in [-0.4, -0.2) is 19.5 Å². The Labute approximate surface area is 107 Å². The van der Waals surface area contributed by atoms with Crippen LogP contribution in [0, 0.1) is 13.8 Å². The molecule has 0 saturated heterocycles. The van der Waals surface area contributed by atoms with Crippen molar-refractivity contribution in [2.45, 2.75) is 39.2 Å². The molecule has 1 unspecified atom stereocenters. The number of fused-ring (bicyclic) bond motifs is 1. The van der Waals surface area contributed by atoms with Gasteiger partial charge in [-0.3, -0.25) is 4.68 Å². The van der Waals surface area contributed by atoms with Gasteiger partial charge in [0, 0.05) is 35.8 Å². The van der Waals surface area contributed by atoms with E-state index in [1.807, 2.05) is 11.7 Å². The molecule has 0 radical (unpaired) electrons. The van der Waals surface area contributed by atoms with Crippen molar-refractivity contribution in [1.29, 1.82) is 0 Å². The van der Waals surface area contributed by atoms with E-state index in [9.17, 15) is 5.11 Å². The van der Waals surface area contributed by atoms with Crippen LogP contribution in [0.5, 0.6) is 0 Å². The summed E-state index contributed by atoms with van der Waals surface area (Å²) in [5.41, 5.74) is 4.61. The van der Waals surface area contributed by atoms with Crippen molar-refractivity contribution in [3.05, 3.63) is 34.8 Å². The van der Waals surface area contributed by atoms with Crippen molar-refractivity contribution in [3.8, 4) is 5.82 Å². The summed E-state index contributed by atoms with van der Waals surface area (Å²) in [5, 5.41) is 14.6. The maximum atomic E-state index is 10.1. The number of aryl methyl sites for hydroxylation is 3. The van der Waals surface area contributed by atoms with E-state index < -0.39 is 0 Å². The van der Waals surface area contributed by atoms with Crippen molar-refractivity contribution in [2.24, 2.45) is 7.05 Å². The third-order valence-electron chi connectivity index (χ3n) is 3.90. The highest BCUT2D eigenvalue weighted by Gasteiger charge is 2.24. The molecule has 0 aliphatic heterocycles. The number of rotatable bonds is 1. The van der Waals surface area contributed by atoms with Crippen LogP contribution in [-0.2, 0) is 13.5 Å². The number of aliphatic hydroxyl groups excluding tert-OH is 1. The first kappa shape index (κ1) is 11.5. The Kier molecular flexibility index (Phi) is 2.55. The van der Waals surface area contributed by atoms with E-state index in [2.05, 4.69) is 35.6 Å². The lowest BCUT2D eigenvalue weighted by Gasteiger charge is -2.19. The van der Waals surface area contributed by atoms with E-state index in [-0.39, 0.29) is 6.10 Å². The first-order chi connectivity index (χ1) is 8.58. The van der Waals surface area contributed by atoms with E-state index in [4.69, 9.17) is 0 Å². The molecule has 2 heterocycles. The molecular formula is C14H19N3O. The molecule has 0 saturated carbocycles. The molecule has 0 aromatic carbocycles. The summed E-state index contributed by atoms with van der Waals surface area (Å²) in [4.78, 5) is 0. The molecule has 0 spiro atoms. The second-order valence-corrected chi connectivity index (χ2v) is 5.20. The molecular weight excluding hydrogens is 226 g/mol. The quantitative estimate of drug-likeness (QED) is 0.837. The van der Waals surface area contributed by atoms with Crippen LogP contribution in [0.3, 0.4) is 0 Å². The Hall–Kier alpha value is -1.55. The molecule has 1 N–H and O–H groups in total. The highest BCUT2D eigenvalue weighted by molar-refractivity contribution is 5.40. The summed E-state index contributed by atoms with van der Waals surface area (Å²) >= 11 is 0. The Morgan fingerprint density at radius 3 is 2.72 bits per heavy atom. The SMILES string of the molecule is Cc1cc(-n2c(C)cc3c2CCCC3O)nn1C. The molecule has 1 aliphatic rings. The van der Waals surface area contributed by atoms with Gasteiger partial charge in [-0.05, 0) is 39.2 Å². The highest BCUT2D eigenvalue weighted by atomic mass is 16.3. The topological polar surface area (TPSA) is 43.0 Å². The molecule has 1 aliphatic carbocycles. The molecule has 4 heteroatoms. The molecule has 0 amide bonds. The zero-order valence-electron chi connectivity index (χ0n) is 11.1. The van der Waals surface area contributed by atoms with Gasteiger partial charge >= 0.3 is 0 Å². The first-order valence-electron chi connectivity index (χ1n) is 6.48. The largest absolute Gasteiger partial charge is 0.388 e. The van der Waals surface area contributed by atoms with Crippen LogP contribution in [0.15, 0.2) is 12.1 Å². The highest BCUT2D eigenvalue weighted by Crippen LogP contribution is 2.33. The van der Waals surface area contributed by atoms with Crippen molar-refractivity contribution in [2.75, 3.05) is 0 Å². The summed E-state index contributed by atoms with van der Waals surface area (Å²) < 4.78 is 4.07. The second kappa shape index (κ2) is 3.99. The van der Waals surface area contributed by atoms with E-state index in [1.54, 1.807) is 0 Å². The summed E-state index contributed by atoms with van der Waals surface area (Å²) in [6.07, 6.45) is 2.63. The van der Waals surface area contributed by atoms with Crippen molar-refractivity contribution >= 4 is 0 Å². The monoisotopic (exact) mass is 245 g/mol. The van der Waals surface area contributed by atoms with Gasteiger partial charge in [-0.1, -0.05) is 0 Å². The molecule has 2 aromatic rings. The van der Waals surface area contributed by atoms with Gasteiger partial charge < -0.3 is 9.67 Å². The number of nitrogens with zero attached hydrogens (tertiary/aromatic N) is 3. The van der Waals surface area contributed by atoms with Crippen LogP contribution in [0.25, 0.3) is 5.82 Å². The molecule has 18 heavy (non-hydrogen) atoms. The van der Waals surface area contributed by atoms with Crippen LogP contribution >= 0.6 is 0 Å². The molecule has 2 aromatic heterocycles. The molecule has 96 valence electrons. The first-order valence-corrected chi connectivity index (χ1v) is 6.48. The van der Waals surface area contributed by atoms with Gasteiger partial charge in [-0.25, -0.2) is 0 Å². The third kappa shape index (κ3) is 1.60. The Morgan fingerprint density at radius 1 is 1.28 bits per heavy atom. The Bertz CT molecular complexity index is 575. The normalized spacial score (nSPS) is 19.0. The van der Waals surface area contributed by atoms with E-state index in [0.29, 0.717) is 0 Å². The van der Waals surface area contributed by atoms with Gasteiger partial charge in [0.1, 0.15) is 0 Å². The Balaban J connectivity index is 2.17. The zero-order chi connectivity index (χ0) is 12.9. The maximum Gasteiger partial charge on any atom is 0.159 e. The predicted octanol–water partition coefficient (Wildman–Crippen LogP) is 2.20. The van der Waals surface area contributed by atoms with Gasteiger partial charge in [0.15, 0.2) is 5.82 Å². The van der Waals surface area contributed by atoms with Crippen LogP contribution in [0.2, 0.25) is 0 Å². The van der Waals surface area contributed by atoms with Gasteiger partial charge in [0.2, 0.25) is 0 Å². The maximum absolute atomic E-state index is 10.1. The van der Waals surface area contributed by atoms with Crippen molar-refractivity contribution in [3.63, 3.8) is 0 Å². The average Bonchev–Trinajstić information content (AvgIpc) is 2.81. The van der Waals surface area contributed by atoms with Crippen LogP contribution < -0.4 is 0 Å². The minimum atomic E-state index is -0.307. The summed E-state index contributed by atoms with van der Waals surface area (Å²) in [6.45, 7) is 4.13. The number of aliphatic hydroxyl groups is 1. The lowest BCUT2D eigenvalue weighted by Crippen LogP contribution is -2.12. The third-order valence-corrected chi connectivity index (χ3v) is 3.90. The van der Waals surface area contributed by atoms with Crippen molar-refractivity contribution < 1.29 is 5.11 Å². The predicted molar refractivity (Wildman–Crippen MR) is 69.9 cm³/mol. The second-order valence-electron chi connectivity index (χ2n) is 5.20. The standard InChI is InChI=1S/C14H19N3O/c1-9-8-14(15-16(9)3)17-10(2)7-11-12(17)5-4-6-13(11)18/h7-8,13,18H,4-6H2,1-3H3. The summed E-state index contributed by atoms with van der Waals surface area (Å²) in [6, 6.07) is 4.19. The number of aromatic nitrogens is 3. The van der Waals surface area contributed by atoms with E-state index in [0.717, 1.165) is 42.0 Å². The van der Waals surface area contributed by atoms with Gasteiger partial charge in [0.05, 0.1) is 6.10 Å². The minimum absolute atomic E-state index is 0.307. The number of hydrogen-bond donors (Lipinski definition) is 1. The van der Waals surface area contributed by atoms with Gasteiger partial charge in [-0.2, -0.15) is 5.10 Å². The number of hydrogen-bond acceptors (Lipinski definition) is 2. The fraction of sp³-hybridized carbons (Fsp3) is 0.500. The van der Waals surface area contributed by atoms with E-state index >= 15 is 0 Å². The van der Waals surface area contributed by atoms with Gasteiger partial charge in [-0.15, -0.1) is 0 Å². The van der Waals surface area contributed by atoms with E-state index in [1.165, 1.54) is 5.69 Å². The van der Waals surface area contributed by atoms with Crippen molar-refractivity contribution in [1.82, 2.24) is 14.3 Å². The van der Waals surface area contributed by atoms with Crippen LogP contribution in [0.1, 0.15) is 41.6 Å². The minimum Gasteiger partial charge on any atom is -0.388 e. The average molecular weight is 245 g/mol. The molecule has 3 rings (SSSR count). The molecule has 0 fully saturated rings. The smallest absolute Gasteiger partial charge is 0.159 e. The molecule has 0 bridgehead atoms. The zero-order valence-corrected chi connectivity index (χ0v) is 11.1. The summed E-state index contributed by atoms with van der Waals surface area (Å²) in [5.74, 6) is 0.961. The fourth-order valence-corrected chi connectivity index (χ4v) is 2.85.